The van der Waals surface area contributed by atoms with Gasteiger partial charge in [0, 0.05) is 34.5 Å². The van der Waals surface area contributed by atoms with E-state index >= 15 is 0 Å². The summed E-state index contributed by atoms with van der Waals surface area (Å²) < 4.78 is 0. The van der Waals surface area contributed by atoms with Crippen LogP contribution >= 0.6 is 0 Å². The maximum Gasteiger partial charge on any atom is 0.163 e. The van der Waals surface area contributed by atoms with Crippen molar-refractivity contribution in [1.29, 1.82) is 0 Å². The van der Waals surface area contributed by atoms with Crippen molar-refractivity contribution in [2.75, 3.05) is 0 Å². The van der Waals surface area contributed by atoms with Crippen LogP contribution < -0.4 is 0 Å². The molecule has 0 aliphatic heterocycles. The number of benzene rings is 8. The Bertz CT molecular complexity index is 3690. The predicted molar refractivity (Wildman–Crippen MR) is 262 cm³/mol. The minimum atomic E-state index is -0.172. The monoisotopic (exact) mass is 804 g/mol. The van der Waals surface area contributed by atoms with Crippen LogP contribution in [0.5, 0.6) is 0 Å². The summed E-state index contributed by atoms with van der Waals surface area (Å²) >= 11 is 0. The molecule has 63 heavy (non-hydrogen) atoms. The van der Waals surface area contributed by atoms with Crippen LogP contribution in [0.15, 0.2) is 207 Å². The lowest BCUT2D eigenvalue weighted by molar-refractivity contribution is 0.661. The van der Waals surface area contributed by atoms with Gasteiger partial charge in [0.15, 0.2) is 11.6 Å². The van der Waals surface area contributed by atoms with E-state index in [9.17, 15) is 0 Å². The zero-order valence-electron chi connectivity index (χ0n) is 34.9. The molecule has 4 nitrogen and oxygen atoms in total. The molecule has 0 unspecified atom stereocenters. The van der Waals surface area contributed by atoms with Crippen LogP contribution in [-0.2, 0) is 5.41 Å². The highest BCUT2D eigenvalue weighted by Gasteiger charge is 2.35. The number of rotatable bonds is 4. The molecule has 0 bridgehead atoms. The van der Waals surface area contributed by atoms with Crippen molar-refractivity contribution >= 4 is 53.9 Å². The van der Waals surface area contributed by atoms with Crippen LogP contribution in [0.4, 0.5) is 0 Å². The zero-order valence-corrected chi connectivity index (χ0v) is 34.9. The highest BCUT2D eigenvalue weighted by Crippen LogP contribution is 2.51. The molecule has 2 heterocycles. The zero-order chi connectivity index (χ0) is 42.1. The van der Waals surface area contributed by atoms with E-state index in [1.54, 1.807) is 0 Å². The smallest absolute Gasteiger partial charge is 0.163 e. The van der Waals surface area contributed by atoms with Crippen molar-refractivity contribution in [3.63, 3.8) is 0 Å². The van der Waals surface area contributed by atoms with Crippen molar-refractivity contribution < 1.29 is 0 Å². The van der Waals surface area contributed by atoms with Gasteiger partial charge in [-0.15, -0.1) is 0 Å². The van der Waals surface area contributed by atoms with Gasteiger partial charge >= 0.3 is 0 Å². The normalized spacial score (nSPS) is 12.7. The average Bonchev–Trinajstić information content (AvgIpc) is 3.58. The fourth-order valence-electron chi connectivity index (χ4n) is 9.87. The minimum absolute atomic E-state index is 0.172. The number of aromatic nitrogens is 4. The molecule has 0 saturated carbocycles. The molecule has 1 aliphatic rings. The number of fused-ring (bicyclic) bond motifs is 13. The van der Waals surface area contributed by atoms with Gasteiger partial charge in [0.25, 0.3) is 0 Å². The summed E-state index contributed by atoms with van der Waals surface area (Å²) in [5.74, 6) is 1.23. The minimum Gasteiger partial charge on any atom is -0.236 e. The van der Waals surface area contributed by atoms with Gasteiger partial charge in [0.2, 0.25) is 0 Å². The van der Waals surface area contributed by atoms with E-state index in [4.69, 9.17) is 19.9 Å². The third-order valence-electron chi connectivity index (χ3n) is 13.0. The number of hydrogen-bond donors (Lipinski definition) is 0. The Balaban J connectivity index is 1.21. The molecule has 9 aromatic carbocycles. The highest BCUT2D eigenvalue weighted by molar-refractivity contribution is 6.27. The van der Waals surface area contributed by atoms with Gasteiger partial charge < -0.3 is 0 Å². The molecule has 11 aromatic rings. The average molecular weight is 805 g/mol. The van der Waals surface area contributed by atoms with E-state index in [1.807, 2.05) is 60.9 Å². The van der Waals surface area contributed by atoms with E-state index in [1.165, 1.54) is 65.3 Å². The summed E-state index contributed by atoms with van der Waals surface area (Å²) in [5, 5.41) is 11.9. The lowest BCUT2D eigenvalue weighted by Crippen LogP contribution is -2.14. The van der Waals surface area contributed by atoms with Gasteiger partial charge in [-0.3, -0.25) is 0 Å². The van der Waals surface area contributed by atoms with Gasteiger partial charge in [-0.25, -0.2) is 19.9 Å². The molecule has 0 radical (unpaired) electrons. The number of nitrogens with zero attached hydrogens (tertiary/aromatic N) is 4. The molecule has 2 aromatic heterocycles. The SMILES string of the molecule is CC1(C)c2ccccc2-c2cc3c4cc(-c5cc(-c6ccccc6)nc(-c6cnc(-c7ccccc7)nc6)n5)ccc4c4ccccc4c4ccccc4c4ccccc4c3cc21. The van der Waals surface area contributed by atoms with Crippen LogP contribution in [0, 0.1) is 0 Å². The van der Waals surface area contributed by atoms with E-state index in [-0.39, 0.29) is 5.41 Å². The lowest BCUT2D eigenvalue weighted by Gasteiger charge is -2.22. The Morgan fingerprint density at radius 3 is 1.37 bits per heavy atom. The largest absolute Gasteiger partial charge is 0.236 e. The summed E-state index contributed by atoms with van der Waals surface area (Å²) in [4.78, 5) is 20.0. The van der Waals surface area contributed by atoms with Crippen molar-refractivity contribution in [1.82, 2.24) is 19.9 Å². The second kappa shape index (κ2) is 14.5. The Labute approximate surface area is 365 Å². The van der Waals surface area contributed by atoms with E-state index in [0.29, 0.717) is 11.6 Å². The summed E-state index contributed by atoms with van der Waals surface area (Å²) in [7, 11) is 0. The van der Waals surface area contributed by atoms with Gasteiger partial charge in [-0.2, -0.15) is 0 Å². The first kappa shape index (κ1) is 36.7. The Morgan fingerprint density at radius 1 is 0.302 bits per heavy atom. The molecule has 0 N–H and O–H groups in total. The van der Waals surface area contributed by atoms with Crippen molar-refractivity contribution in [3.8, 4) is 56.4 Å². The first-order valence-corrected chi connectivity index (χ1v) is 21.5. The Kier molecular flexibility index (Phi) is 8.48. The highest BCUT2D eigenvalue weighted by atomic mass is 14.9. The van der Waals surface area contributed by atoms with Crippen LogP contribution in [0.3, 0.4) is 0 Å². The van der Waals surface area contributed by atoms with Gasteiger partial charge in [-0.05, 0) is 100 Å². The summed E-state index contributed by atoms with van der Waals surface area (Å²) in [6.07, 6.45) is 3.66. The van der Waals surface area contributed by atoms with Crippen LogP contribution in [0.2, 0.25) is 0 Å². The molecule has 0 amide bonds. The van der Waals surface area contributed by atoms with Crippen molar-refractivity contribution in [2.45, 2.75) is 19.3 Å². The van der Waals surface area contributed by atoms with Crippen LogP contribution in [0.25, 0.3) is 110 Å². The quantitative estimate of drug-likeness (QED) is 0.178. The number of hydrogen-bond acceptors (Lipinski definition) is 4. The van der Waals surface area contributed by atoms with Crippen LogP contribution in [0.1, 0.15) is 25.0 Å². The fraction of sp³-hybridized carbons (Fsp3) is 0.0508. The summed E-state index contributed by atoms with van der Waals surface area (Å²) in [5.41, 5.74) is 10.5. The molecular formula is C59H40N4. The van der Waals surface area contributed by atoms with E-state index < -0.39 is 0 Å². The maximum absolute atomic E-state index is 5.31. The van der Waals surface area contributed by atoms with Gasteiger partial charge in [0.05, 0.1) is 17.0 Å². The van der Waals surface area contributed by atoms with Crippen molar-refractivity contribution in [3.05, 3.63) is 218 Å². The van der Waals surface area contributed by atoms with Gasteiger partial charge in [0.1, 0.15) is 0 Å². The van der Waals surface area contributed by atoms with Crippen molar-refractivity contribution in [2.24, 2.45) is 0 Å². The molecule has 1 aliphatic carbocycles. The second-order valence-corrected chi connectivity index (χ2v) is 17.0. The molecule has 0 atom stereocenters. The molecule has 0 saturated heterocycles. The second-order valence-electron chi connectivity index (χ2n) is 17.0. The Morgan fingerprint density at radius 2 is 0.762 bits per heavy atom. The first-order chi connectivity index (χ1) is 31.0. The summed E-state index contributed by atoms with van der Waals surface area (Å²) in [6.45, 7) is 4.73. The topological polar surface area (TPSA) is 51.6 Å². The molecular weight excluding hydrogens is 765 g/mol. The first-order valence-electron chi connectivity index (χ1n) is 21.5. The summed E-state index contributed by atoms with van der Waals surface area (Å²) in [6, 6.07) is 69.9. The molecule has 0 fully saturated rings. The van der Waals surface area contributed by atoms with Gasteiger partial charge in [-0.1, -0.05) is 184 Å². The molecule has 296 valence electrons. The molecule has 12 rings (SSSR count). The van der Waals surface area contributed by atoms with E-state index in [2.05, 4.69) is 159 Å². The Hall–Kier alpha value is -8.08. The fourth-order valence-corrected chi connectivity index (χ4v) is 9.87. The third kappa shape index (κ3) is 6.06. The lowest BCUT2D eigenvalue weighted by atomic mass is 9.81. The predicted octanol–water partition coefficient (Wildman–Crippen LogP) is 15.1. The maximum atomic E-state index is 5.31. The van der Waals surface area contributed by atoms with Crippen LogP contribution in [-0.4, -0.2) is 19.9 Å². The van der Waals surface area contributed by atoms with E-state index in [0.717, 1.165) is 44.4 Å². The third-order valence-corrected chi connectivity index (χ3v) is 13.0. The molecule has 0 spiro atoms. The standard InChI is InChI=1S/C59H40N4/c1-59(2)53-28-16-15-27-48(53)52-32-50-49-31-39(56-34-55(37-17-5-3-6-18-37)62-58(63-56)40-35-60-57(61-36-40)38-19-7-4-8-20-38)29-30-47(49)45-25-12-11-23-43(45)41-21-9-10-22-42(41)44-24-13-14-26-46(44)51(50)33-54(52)59/h3-36H,1-2H3. The molecule has 4 heteroatoms.